The third kappa shape index (κ3) is 4.93. The first-order chi connectivity index (χ1) is 16.4. The van der Waals surface area contributed by atoms with Crippen LogP contribution in [0.5, 0.6) is 11.5 Å². The second kappa shape index (κ2) is 10.0. The number of amides is 3. The van der Waals surface area contributed by atoms with Crippen molar-refractivity contribution in [1.29, 1.82) is 0 Å². The van der Waals surface area contributed by atoms with Crippen LogP contribution in [0, 0.1) is 0 Å². The van der Waals surface area contributed by atoms with Crippen molar-refractivity contribution in [3.8, 4) is 11.5 Å². The number of ketones is 1. The number of piperazine rings is 1. The molecular weight excluding hydrogens is 436 g/mol. The van der Waals surface area contributed by atoms with Crippen molar-refractivity contribution in [3.05, 3.63) is 48.0 Å². The Hall–Kier alpha value is -3.75. The Morgan fingerprint density at radius 1 is 0.912 bits per heavy atom. The van der Waals surface area contributed by atoms with Gasteiger partial charge in [-0.15, -0.1) is 0 Å². The number of carbonyl (C=O) groups is 3. The quantitative estimate of drug-likeness (QED) is 0.658. The summed E-state index contributed by atoms with van der Waals surface area (Å²) in [6.07, 6.45) is 0.253. The van der Waals surface area contributed by atoms with Gasteiger partial charge in [-0.1, -0.05) is 0 Å². The maximum Gasteiger partial charge on any atom is 0.317 e. The molecule has 0 aromatic heterocycles. The van der Waals surface area contributed by atoms with Crippen LogP contribution in [-0.2, 0) is 4.79 Å². The fourth-order valence-corrected chi connectivity index (χ4v) is 4.39. The van der Waals surface area contributed by atoms with Crippen LogP contribution in [-0.4, -0.2) is 75.6 Å². The van der Waals surface area contributed by atoms with Crippen molar-refractivity contribution in [3.63, 3.8) is 0 Å². The highest BCUT2D eigenvalue weighted by molar-refractivity contribution is 5.97. The monoisotopic (exact) mass is 466 g/mol. The van der Waals surface area contributed by atoms with E-state index in [-0.39, 0.29) is 30.2 Å². The molecule has 3 amide bonds. The van der Waals surface area contributed by atoms with Crippen molar-refractivity contribution in [2.24, 2.45) is 0 Å². The van der Waals surface area contributed by atoms with Crippen LogP contribution >= 0.6 is 0 Å². The first kappa shape index (κ1) is 23.4. The molecule has 1 N–H and O–H groups in total. The first-order valence-electron chi connectivity index (χ1n) is 11.3. The van der Waals surface area contributed by atoms with E-state index in [2.05, 4.69) is 10.2 Å². The van der Waals surface area contributed by atoms with Gasteiger partial charge in [0.1, 0.15) is 0 Å². The first-order valence-corrected chi connectivity index (χ1v) is 11.3. The molecule has 0 spiro atoms. The van der Waals surface area contributed by atoms with Gasteiger partial charge in [-0.2, -0.15) is 0 Å². The Morgan fingerprint density at radius 3 is 2.18 bits per heavy atom. The number of benzene rings is 2. The van der Waals surface area contributed by atoms with Crippen LogP contribution in [0.4, 0.5) is 16.2 Å². The van der Waals surface area contributed by atoms with Crippen molar-refractivity contribution in [2.75, 3.05) is 56.7 Å². The van der Waals surface area contributed by atoms with Crippen molar-refractivity contribution >= 4 is 29.1 Å². The second-order valence-electron chi connectivity index (χ2n) is 8.47. The predicted molar refractivity (Wildman–Crippen MR) is 129 cm³/mol. The molecule has 9 nitrogen and oxygen atoms in total. The number of carbonyl (C=O) groups excluding carboxylic acids is 3. The highest BCUT2D eigenvalue weighted by Crippen LogP contribution is 2.33. The van der Waals surface area contributed by atoms with Crippen LogP contribution in [0.1, 0.15) is 23.7 Å². The smallest absolute Gasteiger partial charge is 0.317 e. The third-order valence-corrected chi connectivity index (χ3v) is 6.34. The molecule has 180 valence electrons. The molecule has 0 bridgehead atoms. The summed E-state index contributed by atoms with van der Waals surface area (Å²) in [7, 11) is 3.12. The van der Waals surface area contributed by atoms with E-state index >= 15 is 0 Å². The number of ether oxygens (including phenoxy) is 2. The zero-order valence-corrected chi connectivity index (χ0v) is 19.7. The van der Waals surface area contributed by atoms with Crippen LogP contribution in [0.3, 0.4) is 0 Å². The number of rotatable bonds is 6. The van der Waals surface area contributed by atoms with E-state index in [1.807, 2.05) is 30.3 Å². The van der Waals surface area contributed by atoms with Crippen molar-refractivity contribution in [2.45, 2.75) is 19.4 Å². The zero-order valence-electron chi connectivity index (χ0n) is 19.7. The van der Waals surface area contributed by atoms with Gasteiger partial charge in [0.15, 0.2) is 17.3 Å². The van der Waals surface area contributed by atoms with Gasteiger partial charge in [-0.3, -0.25) is 9.59 Å². The lowest BCUT2D eigenvalue weighted by Crippen LogP contribution is -2.53. The molecule has 2 fully saturated rings. The van der Waals surface area contributed by atoms with Gasteiger partial charge in [0.2, 0.25) is 5.91 Å². The largest absolute Gasteiger partial charge is 0.493 e. The molecule has 34 heavy (non-hydrogen) atoms. The van der Waals surface area contributed by atoms with Crippen molar-refractivity contribution in [1.82, 2.24) is 10.2 Å². The summed E-state index contributed by atoms with van der Waals surface area (Å²) >= 11 is 0. The van der Waals surface area contributed by atoms with Gasteiger partial charge in [0, 0.05) is 62.1 Å². The van der Waals surface area contributed by atoms with E-state index in [0.29, 0.717) is 55.5 Å². The average molecular weight is 467 g/mol. The van der Waals surface area contributed by atoms with Gasteiger partial charge in [0.25, 0.3) is 0 Å². The summed E-state index contributed by atoms with van der Waals surface area (Å²) in [6.45, 7) is 4.53. The van der Waals surface area contributed by atoms with Crippen molar-refractivity contribution < 1.29 is 23.9 Å². The number of methoxy groups -OCH3 is 2. The number of Topliss-reactive ketones (excluding diaryl/α,β-unsaturated/α-hetero) is 1. The third-order valence-electron chi connectivity index (χ3n) is 6.34. The number of hydrogen-bond acceptors (Lipinski definition) is 6. The van der Waals surface area contributed by atoms with Crippen LogP contribution in [0.25, 0.3) is 0 Å². The molecule has 1 atom stereocenters. The Morgan fingerprint density at radius 2 is 1.56 bits per heavy atom. The van der Waals surface area contributed by atoms with Crippen LogP contribution in [0.15, 0.2) is 42.5 Å². The number of nitrogens with zero attached hydrogens (tertiary/aromatic N) is 3. The van der Waals surface area contributed by atoms with E-state index in [9.17, 15) is 14.4 Å². The summed E-state index contributed by atoms with van der Waals surface area (Å²) in [6, 6.07) is 12.5. The van der Waals surface area contributed by atoms with Crippen LogP contribution in [0.2, 0.25) is 0 Å². The number of nitrogens with one attached hydrogen (secondary N) is 1. The number of anilines is 2. The lowest BCUT2D eigenvalue weighted by molar-refractivity contribution is -0.117. The molecule has 0 radical (unpaired) electrons. The maximum absolute atomic E-state index is 12.8. The molecule has 4 rings (SSSR count). The minimum Gasteiger partial charge on any atom is -0.493 e. The summed E-state index contributed by atoms with van der Waals surface area (Å²) < 4.78 is 10.6. The molecule has 0 unspecified atom stereocenters. The Balaban J connectivity index is 1.31. The molecule has 2 heterocycles. The zero-order chi connectivity index (χ0) is 24.2. The summed E-state index contributed by atoms with van der Waals surface area (Å²) in [5, 5.41) is 3.02. The van der Waals surface area contributed by atoms with Gasteiger partial charge in [-0.05, 0) is 43.3 Å². The second-order valence-corrected chi connectivity index (χ2v) is 8.47. The molecule has 9 heteroatoms. The molecule has 0 aliphatic carbocycles. The average Bonchev–Trinajstić information content (AvgIpc) is 3.23. The normalized spacial score (nSPS) is 18.1. The minimum atomic E-state index is -0.259. The SMILES string of the molecule is COc1ccc(N2C[C@H](NC(=O)N3CCN(c4ccc(C(C)=O)cc4)CC3)CC2=O)cc1OC. The molecular formula is C25H30N4O5. The topological polar surface area (TPSA) is 91.4 Å². The molecule has 2 aromatic carbocycles. The summed E-state index contributed by atoms with van der Waals surface area (Å²) in [4.78, 5) is 42.6. The molecule has 2 aromatic rings. The number of urea groups is 1. The molecule has 2 saturated heterocycles. The van der Waals surface area contributed by atoms with Crippen LogP contribution < -0.4 is 24.6 Å². The van der Waals surface area contributed by atoms with E-state index < -0.39 is 0 Å². The number of hydrogen-bond donors (Lipinski definition) is 1. The summed E-state index contributed by atoms with van der Waals surface area (Å²) in [5.74, 6) is 1.14. The van der Waals surface area contributed by atoms with Gasteiger partial charge in [0.05, 0.1) is 20.3 Å². The lowest BCUT2D eigenvalue weighted by Gasteiger charge is -2.36. The minimum absolute atomic E-state index is 0.0446. The fourth-order valence-electron chi connectivity index (χ4n) is 4.39. The highest BCUT2D eigenvalue weighted by atomic mass is 16.5. The van der Waals surface area contributed by atoms with E-state index in [1.54, 1.807) is 43.1 Å². The molecule has 2 aliphatic heterocycles. The standard InChI is InChI=1S/C25H30N4O5/c1-17(30)18-4-6-20(7-5-18)27-10-12-28(13-11-27)25(32)26-19-14-24(31)29(16-19)21-8-9-22(33-2)23(15-21)34-3/h4-9,15,19H,10-14,16H2,1-3H3,(H,26,32)/t19-/m1/s1. The van der Waals surface area contributed by atoms with Gasteiger partial charge in [-0.25, -0.2) is 4.79 Å². The lowest BCUT2D eigenvalue weighted by atomic mass is 10.1. The van der Waals surface area contributed by atoms with E-state index in [4.69, 9.17) is 9.47 Å². The predicted octanol–water partition coefficient (Wildman–Crippen LogP) is 2.54. The van der Waals surface area contributed by atoms with E-state index in [1.165, 1.54) is 0 Å². The Kier molecular flexibility index (Phi) is 6.90. The van der Waals surface area contributed by atoms with Gasteiger partial charge < -0.3 is 29.5 Å². The molecule has 2 aliphatic rings. The highest BCUT2D eigenvalue weighted by Gasteiger charge is 2.33. The Bertz CT molecular complexity index is 1060. The fraction of sp³-hybridized carbons (Fsp3) is 0.400. The molecule has 0 saturated carbocycles. The van der Waals surface area contributed by atoms with Gasteiger partial charge >= 0.3 is 6.03 Å². The maximum atomic E-state index is 12.8. The Labute approximate surface area is 199 Å². The van der Waals surface area contributed by atoms with E-state index in [0.717, 1.165) is 5.69 Å². The summed E-state index contributed by atoms with van der Waals surface area (Å²) in [5.41, 5.74) is 2.44.